The third kappa shape index (κ3) is 6.59. The highest BCUT2D eigenvalue weighted by molar-refractivity contribution is 5.14. The molecule has 1 aromatic rings. The molecule has 0 amide bonds. The van der Waals surface area contributed by atoms with Crippen molar-refractivity contribution in [2.75, 3.05) is 13.2 Å². The summed E-state index contributed by atoms with van der Waals surface area (Å²) in [5.41, 5.74) is 2.38. The molecule has 0 bridgehead atoms. The van der Waals surface area contributed by atoms with E-state index in [4.69, 9.17) is 9.47 Å². The lowest BCUT2D eigenvalue weighted by atomic mass is 10.2. The van der Waals surface area contributed by atoms with Crippen molar-refractivity contribution in [3.63, 3.8) is 0 Å². The zero-order valence-corrected chi connectivity index (χ0v) is 10.6. The minimum absolute atomic E-state index is 0.644. The number of hydrogen-bond donors (Lipinski definition) is 0. The fourth-order valence-electron chi connectivity index (χ4n) is 1.31. The van der Waals surface area contributed by atoms with E-state index >= 15 is 0 Å². The molecule has 0 aliphatic heterocycles. The monoisotopic (exact) mass is 232 g/mol. The van der Waals surface area contributed by atoms with E-state index in [2.05, 4.69) is 12.1 Å². The summed E-state index contributed by atoms with van der Waals surface area (Å²) in [4.78, 5) is 0. The van der Waals surface area contributed by atoms with Crippen LogP contribution in [0.25, 0.3) is 0 Å². The molecule has 0 radical (unpaired) electrons. The highest BCUT2D eigenvalue weighted by atomic mass is 16.5. The first-order chi connectivity index (χ1) is 8.33. The quantitative estimate of drug-likeness (QED) is 0.527. The molecule has 0 N–H and O–H groups in total. The molecule has 17 heavy (non-hydrogen) atoms. The van der Waals surface area contributed by atoms with E-state index in [1.54, 1.807) is 6.26 Å². The summed E-state index contributed by atoms with van der Waals surface area (Å²) in [5, 5.41) is 0. The molecule has 0 atom stereocenters. The molecular formula is C15H20O2. The van der Waals surface area contributed by atoms with Gasteiger partial charge in [-0.25, -0.2) is 0 Å². The number of benzene rings is 1. The predicted molar refractivity (Wildman–Crippen MR) is 70.6 cm³/mol. The van der Waals surface area contributed by atoms with Gasteiger partial charge in [0.25, 0.3) is 0 Å². The molecule has 2 heteroatoms. The van der Waals surface area contributed by atoms with Crippen LogP contribution >= 0.6 is 0 Å². The van der Waals surface area contributed by atoms with Crippen molar-refractivity contribution in [2.45, 2.75) is 20.5 Å². The molecule has 0 unspecified atom stereocenters. The van der Waals surface area contributed by atoms with Crippen molar-refractivity contribution < 1.29 is 9.47 Å². The van der Waals surface area contributed by atoms with Gasteiger partial charge in [-0.05, 0) is 31.1 Å². The zero-order valence-electron chi connectivity index (χ0n) is 10.6. The molecule has 0 aliphatic carbocycles. The van der Waals surface area contributed by atoms with E-state index < -0.39 is 0 Å². The third-order valence-electron chi connectivity index (χ3n) is 2.16. The normalized spacial score (nSPS) is 12.0. The summed E-state index contributed by atoms with van der Waals surface area (Å²) < 4.78 is 10.7. The fraction of sp³-hybridized carbons (Fsp3) is 0.333. The van der Waals surface area contributed by atoms with Gasteiger partial charge in [-0.15, -0.1) is 0 Å². The molecule has 92 valence electrons. The van der Waals surface area contributed by atoms with Gasteiger partial charge in [-0.3, -0.25) is 0 Å². The summed E-state index contributed by atoms with van der Waals surface area (Å²) >= 11 is 0. The van der Waals surface area contributed by atoms with E-state index in [9.17, 15) is 0 Å². The maximum absolute atomic E-state index is 5.60. The van der Waals surface area contributed by atoms with Gasteiger partial charge in [0.15, 0.2) is 0 Å². The average Bonchev–Trinajstić information content (AvgIpc) is 2.36. The lowest BCUT2D eigenvalue weighted by molar-refractivity contribution is 0.142. The van der Waals surface area contributed by atoms with Crippen LogP contribution in [0.1, 0.15) is 19.4 Å². The minimum atomic E-state index is 0.644. The standard InChI is InChI=1S/C15H20O2/c1-3-16-11-7-8-14(2)12-17-13-15-9-5-4-6-10-15/h4-11H,3,12-13H2,1-2H3/b11-7+,14-8+. The minimum Gasteiger partial charge on any atom is -0.501 e. The Morgan fingerprint density at radius 1 is 1.24 bits per heavy atom. The second-order valence-corrected chi connectivity index (χ2v) is 3.78. The lowest BCUT2D eigenvalue weighted by Crippen LogP contribution is -1.96. The van der Waals surface area contributed by atoms with E-state index in [0.29, 0.717) is 19.8 Å². The zero-order chi connectivity index (χ0) is 12.3. The Hall–Kier alpha value is -1.54. The van der Waals surface area contributed by atoms with Gasteiger partial charge in [0.05, 0.1) is 26.1 Å². The van der Waals surface area contributed by atoms with Crippen LogP contribution in [0, 0.1) is 0 Å². The molecule has 2 nitrogen and oxygen atoms in total. The van der Waals surface area contributed by atoms with Crippen LogP contribution in [-0.2, 0) is 16.1 Å². The fourth-order valence-corrected chi connectivity index (χ4v) is 1.31. The van der Waals surface area contributed by atoms with Crippen LogP contribution in [0.3, 0.4) is 0 Å². The second kappa shape index (κ2) is 8.59. The maximum Gasteiger partial charge on any atom is 0.0845 e. The molecule has 0 saturated carbocycles. The third-order valence-corrected chi connectivity index (χ3v) is 2.16. The first-order valence-electron chi connectivity index (χ1n) is 5.88. The van der Waals surface area contributed by atoms with Gasteiger partial charge in [-0.1, -0.05) is 36.4 Å². The number of rotatable bonds is 7. The Labute approximate surface area is 104 Å². The average molecular weight is 232 g/mol. The molecule has 0 aromatic heterocycles. The van der Waals surface area contributed by atoms with E-state index in [0.717, 1.165) is 0 Å². The summed E-state index contributed by atoms with van der Waals surface area (Å²) in [6.07, 6.45) is 5.59. The Balaban J connectivity index is 2.22. The van der Waals surface area contributed by atoms with Crippen molar-refractivity contribution in [3.8, 4) is 0 Å². The molecule has 1 aromatic carbocycles. The first kappa shape index (κ1) is 13.5. The van der Waals surface area contributed by atoms with Crippen molar-refractivity contribution in [1.29, 1.82) is 0 Å². The second-order valence-electron chi connectivity index (χ2n) is 3.78. The lowest BCUT2D eigenvalue weighted by Gasteiger charge is -2.03. The van der Waals surface area contributed by atoms with Crippen molar-refractivity contribution >= 4 is 0 Å². The smallest absolute Gasteiger partial charge is 0.0845 e. The molecule has 0 fully saturated rings. The molecular weight excluding hydrogens is 212 g/mol. The number of ether oxygens (including phenoxy) is 2. The highest BCUT2D eigenvalue weighted by Gasteiger charge is 1.92. The molecule has 0 spiro atoms. The van der Waals surface area contributed by atoms with Crippen LogP contribution < -0.4 is 0 Å². The Morgan fingerprint density at radius 3 is 2.71 bits per heavy atom. The van der Waals surface area contributed by atoms with Gasteiger partial charge in [0, 0.05) is 0 Å². The van der Waals surface area contributed by atoms with Gasteiger partial charge in [-0.2, -0.15) is 0 Å². The van der Waals surface area contributed by atoms with Crippen molar-refractivity contribution in [2.24, 2.45) is 0 Å². The Bertz CT molecular complexity index is 352. The SMILES string of the molecule is CCO/C=C/C=C(\C)COCc1ccccc1. The van der Waals surface area contributed by atoms with E-state index in [1.807, 2.05) is 44.2 Å². The number of hydrogen-bond acceptors (Lipinski definition) is 2. The van der Waals surface area contributed by atoms with Gasteiger partial charge in [0.2, 0.25) is 0 Å². The van der Waals surface area contributed by atoms with Crippen molar-refractivity contribution in [3.05, 3.63) is 59.9 Å². The predicted octanol–water partition coefficient (Wildman–Crippen LogP) is 3.70. The Kier molecular flexibility index (Phi) is 6.84. The van der Waals surface area contributed by atoms with Crippen LogP contribution in [0.4, 0.5) is 0 Å². The van der Waals surface area contributed by atoms with Crippen LogP contribution in [-0.4, -0.2) is 13.2 Å². The topological polar surface area (TPSA) is 18.5 Å². The van der Waals surface area contributed by atoms with Gasteiger partial charge >= 0.3 is 0 Å². The number of allylic oxidation sites excluding steroid dienone is 2. The van der Waals surface area contributed by atoms with E-state index in [-0.39, 0.29) is 0 Å². The summed E-state index contributed by atoms with van der Waals surface area (Å²) in [5.74, 6) is 0. The van der Waals surface area contributed by atoms with Crippen LogP contribution in [0.15, 0.2) is 54.3 Å². The van der Waals surface area contributed by atoms with Crippen LogP contribution in [0.5, 0.6) is 0 Å². The molecule has 1 rings (SSSR count). The molecule has 0 aliphatic rings. The summed E-state index contributed by atoms with van der Waals surface area (Å²) in [6.45, 7) is 6.01. The summed E-state index contributed by atoms with van der Waals surface area (Å²) in [7, 11) is 0. The molecule has 0 heterocycles. The first-order valence-corrected chi connectivity index (χ1v) is 5.88. The van der Waals surface area contributed by atoms with Gasteiger partial charge < -0.3 is 9.47 Å². The van der Waals surface area contributed by atoms with Crippen molar-refractivity contribution in [1.82, 2.24) is 0 Å². The van der Waals surface area contributed by atoms with Crippen LogP contribution in [0.2, 0.25) is 0 Å². The Morgan fingerprint density at radius 2 is 2.00 bits per heavy atom. The molecule has 0 saturated heterocycles. The van der Waals surface area contributed by atoms with Gasteiger partial charge in [0.1, 0.15) is 0 Å². The maximum atomic E-state index is 5.60. The highest BCUT2D eigenvalue weighted by Crippen LogP contribution is 2.02. The largest absolute Gasteiger partial charge is 0.501 e. The van der Waals surface area contributed by atoms with E-state index in [1.165, 1.54) is 11.1 Å². The summed E-state index contributed by atoms with van der Waals surface area (Å²) in [6, 6.07) is 10.2.